The van der Waals surface area contributed by atoms with E-state index in [1.54, 1.807) is 0 Å². The van der Waals surface area contributed by atoms with Gasteiger partial charge in [-0.15, -0.1) is 24.8 Å². The van der Waals surface area contributed by atoms with Gasteiger partial charge in [-0.05, 0) is 44.7 Å². The Balaban J connectivity index is 0.00000220. The Morgan fingerprint density at radius 2 is 1.64 bits per heavy atom. The number of amides is 1. The highest BCUT2D eigenvalue weighted by molar-refractivity contribution is 5.86. The summed E-state index contributed by atoms with van der Waals surface area (Å²) >= 11 is 0. The molecule has 0 unspecified atom stereocenters. The van der Waals surface area contributed by atoms with E-state index in [1.165, 1.54) is 6.54 Å². The summed E-state index contributed by atoms with van der Waals surface area (Å²) in [6.07, 6.45) is 6.26. The first-order valence-electron chi connectivity index (χ1n) is 8.39. The number of carbonyl (C=O) groups excluding carboxylic acids is 1. The smallest absolute Gasteiger partial charge is 0.242 e. The van der Waals surface area contributed by atoms with Gasteiger partial charge in [0.25, 0.3) is 0 Å². The van der Waals surface area contributed by atoms with Gasteiger partial charge < -0.3 is 15.5 Å². The number of hydrogen-bond donors (Lipinski definition) is 1. The molecule has 132 valence electrons. The fourth-order valence-electron chi connectivity index (χ4n) is 3.70. The van der Waals surface area contributed by atoms with Crippen LogP contribution >= 0.6 is 24.8 Å². The van der Waals surface area contributed by atoms with Gasteiger partial charge in [0, 0.05) is 19.6 Å². The van der Waals surface area contributed by atoms with Gasteiger partial charge >= 0.3 is 0 Å². The van der Waals surface area contributed by atoms with Crippen molar-refractivity contribution in [1.82, 2.24) is 9.80 Å². The van der Waals surface area contributed by atoms with Crippen molar-refractivity contribution in [3.8, 4) is 0 Å². The van der Waals surface area contributed by atoms with Crippen LogP contribution in [0.1, 0.15) is 52.4 Å². The van der Waals surface area contributed by atoms with Crippen LogP contribution in [-0.2, 0) is 4.79 Å². The quantitative estimate of drug-likeness (QED) is 0.826. The van der Waals surface area contributed by atoms with Crippen molar-refractivity contribution in [2.75, 3.05) is 32.7 Å². The molecule has 1 aliphatic carbocycles. The van der Waals surface area contributed by atoms with Crippen LogP contribution in [0.25, 0.3) is 0 Å². The maximum absolute atomic E-state index is 12.6. The van der Waals surface area contributed by atoms with Gasteiger partial charge in [0.2, 0.25) is 5.91 Å². The van der Waals surface area contributed by atoms with Gasteiger partial charge in [0.1, 0.15) is 0 Å². The molecule has 22 heavy (non-hydrogen) atoms. The van der Waals surface area contributed by atoms with E-state index in [2.05, 4.69) is 18.7 Å². The first-order chi connectivity index (χ1) is 9.59. The average Bonchev–Trinajstić information content (AvgIpc) is 2.92. The molecule has 1 saturated carbocycles. The minimum absolute atomic E-state index is 0. The van der Waals surface area contributed by atoms with E-state index in [1.807, 2.05) is 4.90 Å². The SMILES string of the molecule is CCN(CC)CC1CCN(C(=O)C2(N)CCCC2)CC1.Cl.Cl. The third kappa shape index (κ3) is 5.26. The summed E-state index contributed by atoms with van der Waals surface area (Å²) in [7, 11) is 0. The lowest BCUT2D eigenvalue weighted by Crippen LogP contribution is -2.55. The number of nitrogens with two attached hydrogens (primary N) is 1. The van der Waals surface area contributed by atoms with E-state index in [9.17, 15) is 4.79 Å². The summed E-state index contributed by atoms with van der Waals surface area (Å²) in [5.41, 5.74) is 5.76. The zero-order valence-corrected chi connectivity index (χ0v) is 15.7. The number of carbonyl (C=O) groups is 1. The van der Waals surface area contributed by atoms with E-state index in [0.29, 0.717) is 0 Å². The van der Waals surface area contributed by atoms with Gasteiger partial charge in [0.05, 0.1) is 5.54 Å². The largest absolute Gasteiger partial charge is 0.341 e. The highest BCUT2D eigenvalue weighted by Gasteiger charge is 2.40. The van der Waals surface area contributed by atoms with Crippen molar-refractivity contribution >= 4 is 30.7 Å². The molecule has 0 bridgehead atoms. The lowest BCUT2D eigenvalue weighted by Gasteiger charge is -2.38. The molecule has 1 amide bonds. The molecule has 2 aliphatic rings. The molecule has 0 spiro atoms. The normalized spacial score (nSPS) is 21.4. The van der Waals surface area contributed by atoms with Gasteiger partial charge in [-0.1, -0.05) is 26.7 Å². The second-order valence-electron chi connectivity index (χ2n) is 6.58. The zero-order chi connectivity index (χ0) is 14.6. The Labute approximate surface area is 148 Å². The number of hydrogen-bond acceptors (Lipinski definition) is 3. The van der Waals surface area contributed by atoms with E-state index < -0.39 is 5.54 Å². The number of nitrogens with zero attached hydrogens (tertiary/aromatic N) is 2. The van der Waals surface area contributed by atoms with Gasteiger partial charge in [-0.2, -0.15) is 0 Å². The molecule has 0 radical (unpaired) electrons. The van der Waals surface area contributed by atoms with Crippen molar-refractivity contribution in [2.24, 2.45) is 11.7 Å². The van der Waals surface area contributed by atoms with Gasteiger partial charge in [0.15, 0.2) is 0 Å². The molecular weight excluding hydrogens is 321 g/mol. The van der Waals surface area contributed by atoms with Crippen LogP contribution in [0.15, 0.2) is 0 Å². The molecule has 0 aromatic rings. The molecule has 2 rings (SSSR count). The maximum Gasteiger partial charge on any atom is 0.242 e. The van der Waals surface area contributed by atoms with Crippen LogP contribution in [0.4, 0.5) is 0 Å². The molecule has 4 nitrogen and oxygen atoms in total. The first kappa shape index (κ1) is 22.0. The highest BCUT2D eigenvalue weighted by Crippen LogP contribution is 2.30. The van der Waals surface area contributed by atoms with Crippen LogP contribution in [0.5, 0.6) is 0 Å². The summed E-state index contributed by atoms with van der Waals surface area (Å²) in [5, 5.41) is 0. The second kappa shape index (κ2) is 9.96. The van der Waals surface area contributed by atoms with Crippen molar-refractivity contribution in [1.29, 1.82) is 0 Å². The van der Waals surface area contributed by atoms with E-state index in [-0.39, 0.29) is 30.7 Å². The van der Waals surface area contributed by atoms with Crippen molar-refractivity contribution < 1.29 is 4.79 Å². The number of likely N-dealkylation sites (tertiary alicyclic amines) is 1. The summed E-state index contributed by atoms with van der Waals surface area (Å²) in [5.74, 6) is 0.965. The van der Waals surface area contributed by atoms with Crippen LogP contribution in [-0.4, -0.2) is 54.0 Å². The first-order valence-corrected chi connectivity index (χ1v) is 8.39. The monoisotopic (exact) mass is 353 g/mol. The molecule has 2 fully saturated rings. The van der Waals surface area contributed by atoms with Crippen molar-refractivity contribution in [3.63, 3.8) is 0 Å². The lowest BCUT2D eigenvalue weighted by atomic mass is 9.92. The molecule has 0 aromatic heterocycles. The Bertz CT molecular complexity index is 323. The average molecular weight is 354 g/mol. The van der Waals surface area contributed by atoms with Gasteiger partial charge in [-0.3, -0.25) is 4.79 Å². The molecule has 1 saturated heterocycles. The fourth-order valence-corrected chi connectivity index (χ4v) is 3.70. The minimum atomic E-state index is -0.536. The summed E-state index contributed by atoms with van der Waals surface area (Å²) in [6, 6.07) is 0. The Kier molecular flexibility index (Phi) is 9.95. The van der Waals surface area contributed by atoms with E-state index >= 15 is 0 Å². The lowest BCUT2D eigenvalue weighted by molar-refractivity contribution is -0.138. The topological polar surface area (TPSA) is 49.6 Å². The predicted molar refractivity (Wildman–Crippen MR) is 97.0 cm³/mol. The molecule has 2 N–H and O–H groups in total. The minimum Gasteiger partial charge on any atom is -0.341 e. The zero-order valence-electron chi connectivity index (χ0n) is 14.1. The van der Waals surface area contributed by atoms with Crippen LogP contribution in [0.3, 0.4) is 0 Å². The Morgan fingerprint density at radius 3 is 2.09 bits per heavy atom. The number of piperidine rings is 1. The maximum atomic E-state index is 12.6. The number of halogens is 2. The van der Waals surface area contributed by atoms with Gasteiger partial charge in [-0.25, -0.2) is 0 Å². The fraction of sp³-hybridized carbons (Fsp3) is 0.938. The van der Waals surface area contributed by atoms with Crippen LogP contribution in [0, 0.1) is 5.92 Å². The van der Waals surface area contributed by atoms with E-state index in [4.69, 9.17) is 5.73 Å². The number of rotatable bonds is 5. The molecule has 0 aromatic carbocycles. The molecule has 6 heteroatoms. The van der Waals surface area contributed by atoms with Crippen molar-refractivity contribution in [2.45, 2.75) is 57.9 Å². The standard InChI is InChI=1S/C16H31N3O.2ClH/c1-3-18(4-2)13-14-7-11-19(12-8-14)15(20)16(17)9-5-6-10-16;;/h14H,3-13,17H2,1-2H3;2*1H. The van der Waals surface area contributed by atoms with Crippen molar-refractivity contribution in [3.05, 3.63) is 0 Å². The molecule has 1 aliphatic heterocycles. The summed E-state index contributed by atoms with van der Waals surface area (Å²) < 4.78 is 0. The molecule has 0 atom stereocenters. The molecule has 1 heterocycles. The highest BCUT2D eigenvalue weighted by atomic mass is 35.5. The van der Waals surface area contributed by atoms with E-state index in [0.717, 1.165) is 70.6 Å². The third-order valence-electron chi connectivity index (χ3n) is 5.23. The summed E-state index contributed by atoms with van der Waals surface area (Å²) in [6.45, 7) is 9.69. The predicted octanol–water partition coefficient (Wildman–Crippen LogP) is 2.68. The van der Waals surface area contributed by atoms with Crippen LogP contribution < -0.4 is 5.73 Å². The Hall–Kier alpha value is -0.0300. The second-order valence-corrected chi connectivity index (χ2v) is 6.58. The molecular formula is C16H33Cl2N3O. The summed E-state index contributed by atoms with van der Waals surface area (Å²) in [4.78, 5) is 17.1. The van der Waals surface area contributed by atoms with Crippen LogP contribution in [0.2, 0.25) is 0 Å². The third-order valence-corrected chi connectivity index (χ3v) is 5.23. The Morgan fingerprint density at radius 1 is 1.14 bits per heavy atom.